The van der Waals surface area contributed by atoms with Crippen molar-refractivity contribution in [1.29, 1.82) is 0 Å². The first-order valence-corrected chi connectivity index (χ1v) is 22.1. The van der Waals surface area contributed by atoms with Crippen molar-refractivity contribution in [1.82, 2.24) is 9.13 Å². The summed E-state index contributed by atoms with van der Waals surface area (Å²) in [5.74, 6) is 1.80. The van der Waals surface area contributed by atoms with Gasteiger partial charge in [-0.25, -0.2) is 0 Å². The minimum Gasteiger partial charge on any atom is -0.493 e. The summed E-state index contributed by atoms with van der Waals surface area (Å²) in [4.78, 5) is 0. The van der Waals surface area contributed by atoms with Crippen LogP contribution in [0.5, 0.6) is 11.5 Å². The average molecular weight is 785 g/mol. The lowest BCUT2D eigenvalue weighted by atomic mass is 9.91. The van der Waals surface area contributed by atoms with Gasteiger partial charge in [-0.05, 0) is 95.1 Å². The number of hydrogen-bond acceptors (Lipinski definition) is 2. The molecule has 0 aliphatic carbocycles. The first-order chi connectivity index (χ1) is 29.7. The van der Waals surface area contributed by atoms with Gasteiger partial charge in [-0.1, -0.05) is 149 Å². The molecule has 2 heterocycles. The van der Waals surface area contributed by atoms with E-state index in [1.165, 1.54) is 69.3 Å². The summed E-state index contributed by atoms with van der Waals surface area (Å²) < 4.78 is 18.5. The zero-order valence-electron chi connectivity index (χ0n) is 34.8. The standard InChI is InChI=1S/C56H52N2O2/c1-3-5-7-17-35-59-53-33-27-39-37-41(57-49-23-13-9-19-45(49)46-20-10-14-24-50(46)57)29-31-43(39)55(53)56-44-32-30-42(38-40(44)28-34-54(56)60-36-18-8-6-4-2)58-51-25-15-11-21-47(51)48-22-12-16-26-52(48)58/h9-16,19-34,37-38H,3-8,17-18,35-36H2,1-2H3. The molecular weight excluding hydrogens is 733 g/mol. The minimum atomic E-state index is 0.674. The van der Waals surface area contributed by atoms with Crippen molar-refractivity contribution in [3.8, 4) is 34.0 Å². The molecule has 0 radical (unpaired) electrons. The number of aromatic nitrogens is 2. The van der Waals surface area contributed by atoms with Crippen molar-refractivity contribution in [2.24, 2.45) is 0 Å². The SMILES string of the molecule is CCCCCCOc1ccc2cc(-n3c4ccccc4c4ccccc43)ccc2c1-c1c(OCCCCCC)ccc2cc(-n3c4ccccc4c4ccccc43)ccc12. The maximum atomic E-state index is 6.84. The highest BCUT2D eigenvalue weighted by atomic mass is 16.5. The van der Waals surface area contributed by atoms with Gasteiger partial charge in [0, 0.05) is 44.0 Å². The van der Waals surface area contributed by atoms with Crippen LogP contribution in [0.2, 0.25) is 0 Å². The molecule has 8 aromatic carbocycles. The van der Waals surface area contributed by atoms with E-state index in [9.17, 15) is 0 Å². The van der Waals surface area contributed by atoms with Crippen LogP contribution in [-0.4, -0.2) is 22.3 Å². The van der Waals surface area contributed by atoms with E-state index in [0.29, 0.717) is 13.2 Å². The molecule has 0 aliphatic rings. The molecular formula is C56H52N2O2. The van der Waals surface area contributed by atoms with E-state index in [1.54, 1.807) is 0 Å². The van der Waals surface area contributed by atoms with Crippen LogP contribution in [0.1, 0.15) is 65.2 Å². The lowest BCUT2D eigenvalue weighted by Crippen LogP contribution is -2.03. The molecule has 0 spiro atoms. The Hall–Kier alpha value is -6.52. The molecule has 298 valence electrons. The van der Waals surface area contributed by atoms with Gasteiger partial charge in [0.2, 0.25) is 0 Å². The second-order valence-electron chi connectivity index (χ2n) is 16.2. The topological polar surface area (TPSA) is 28.3 Å². The number of para-hydroxylation sites is 4. The molecule has 0 saturated carbocycles. The van der Waals surface area contributed by atoms with Crippen molar-refractivity contribution in [2.45, 2.75) is 65.2 Å². The van der Waals surface area contributed by atoms with E-state index in [0.717, 1.165) is 81.2 Å². The van der Waals surface area contributed by atoms with Crippen molar-refractivity contribution < 1.29 is 9.47 Å². The summed E-state index contributed by atoms with van der Waals surface area (Å²) in [5, 5.41) is 9.68. The molecule has 4 nitrogen and oxygen atoms in total. The van der Waals surface area contributed by atoms with E-state index >= 15 is 0 Å². The molecule has 0 amide bonds. The molecule has 10 aromatic rings. The lowest BCUT2D eigenvalue weighted by Gasteiger charge is -2.21. The van der Waals surface area contributed by atoms with Gasteiger partial charge in [-0.2, -0.15) is 0 Å². The third kappa shape index (κ3) is 6.74. The van der Waals surface area contributed by atoms with Gasteiger partial charge in [0.05, 0.1) is 35.3 Å². The molecule has 0 N–H and O–H groups in total. The smallest absolute Gasteiger partial charge is 0.127 e. The van der Waals surface area contributed by atoms with E-state index < -0.39 is 0 Å². The Kier molecular flexibility index (Phi) is 10.5. The van der Waals surface area contributed by atoms with Crippen LogP contribution >= 0.6 is 0 Å². The number of fused-ring (bicyclic) bond motifs is 8. The van der Waals surface area contributed by atoms with Gasteiger partial charge in [-0.15, -0.1) is 0 Å². The lowest BCUT2D eigenvalue weighted by molar-refractivity contribution is 0.302. The molecule has 0 bridgehead atoms. The maximum Gasteiger partial charge on any atom is 0.127 e. The number of nitrogens with zero attached hydrogens (tertiary/aromatic N) is 2. The van der Waals surface area contributed by atoms with Crippen LogP contribution in [0, 0.1) is 0 Å². The first-order valence-electron chi connectivity index (χ1n) is 22.1. The highest BCUT2D eigenvalue weighted by Gasteiger charge is 2.22. The fourth-order valence-corrected chi connectivity index (χ4v) is 9.45. The van der Waals surface area contributed by atoms with Gasteiger partial charge < -0.3 is 18.6 Å². The van der Waals surface area contributed by atoms with Gasteiger partial charge in [0.25, 0.3) is 0 Å². The van der Waals surface area contributed by atoms with Crippen LogP contribution in [0.4, 0.5) is 0 Å². The zero-order valence-corrected chi connectivity index (χ0v) is 34.8. The first kappa shape index (κ1) is 37.7. The molecule has 60 heavy (non-hydrogen) atoms. The van der Waals surface area contributed by atoms with Crippen molar-refractivity contribution in [3.05, 3.63) is 158 Å². The monoisotopic (exact) mass is 784 g/mol. The Labute approximate surface area is 352 Å². The molecule has 4 heteroatoms. The molecule has 0 saturated heterocycles. The number of benzene rings is 8. The average Bonchev–Trinajstić information content (AvgIpc) is 3.81. The Balaban J connectivity index is 1.18. The Morgan fingerprint density at radius 1 is 0.350 bits per heavy atom. The summed E-state index contributed by atoms with van der Waals surface area (Å²) in [5.41, 5.74) is 9.29. The normalized spacial score (nSPS) is 11.8. The van der Waals surface area contributed by atoms with Crippen LogP contribution < -0.4 is 9.47 Å². The van der Waals surface area contributed by atoms with E-state index in [4.69, 9.17) is 9.47 Å². The molecule has 0 unspecified atom stereocenters. The third-order valence-corrected chi connectivity index (χ3v) is 12.4. The molecule has 2 aromatic heterocycles. The number of ether oxygens (including phenoxy) is 2. The van der Waals surface area contributed by atoms with Crippen LogP contribution in [0.15, 0.2) is 158 Å². The molecule has 0 atom stereocenters. The Morgan fingerprint density at radius 2 is 0.717 bits per heavy atom. The van der Waals surface area contributed by atoms with Crippen molar-refractivity contribution in [3.63, 3.8) is 0 Å². The summed E-state index contributed by atoms with van der Waals surface area (Å²) >= 11 is 0. The highest BCUT2D eigenvalue weighted by molar-refractivity contribution is 6.13. The molecule has 0 fully saturated rings. The zero-order chi connectivity index (χ0) is 40.4. The minimum absolute atomic E-state index is 0.674. The Morgan fingerprint density at radius 3 is 1.08 bits per heavy atom. The van der Waals surface area contributed by atoms with Gasteiger partial charge in [0.1, 0.15) is 11.5 Å². The van der Waals surface area contributed by atoms with E-state index in [2.05, 4.69) is 181 Å². The fourth-order valence-electron chi connectivity index (χ4n) is 9.45. The second-order valence-corrected chi connectivity index (χ2v) is 16.2. The quantitative estimate of drug-likeness (QED) is 0.0969. The van der Waals surface area contributed by atoms with Crippen LogP contribution in [0.3, 0.4) is 0 Å². The van der Waals surface area contributed by atoms with E-state index in [1.807, 2.05) is 0 Å². The Bertz CT molecular complexity index is 2830. The fraction of sp³-hybridized carbons (Fsp3) is 0.214. The predicted molar refractivity (Wildman–Crippen MR) is 255 cm³/mol. The predicted octanol–water partition coefficient (Wildman–Crippen LogP) is 15.8. The third-order valence-electron chi connectivity index (χ3n) is 12.4. The summed E-state index contributed by atoms with van der Waals surface area (Å²) in [6.07, 6.45) is 9.19. The summed E-state index contributed by atoms with van der Waals surface area (Å²) in [6, 6.07) is 57.7. The van der Waals surface area contributed by atoms with Crippen molar-refractivity contribution >= 4 is 65.2 Å². The van der Waals surface area contributed by atoms with Crippen LogP contribution in [-0.2, 0) is 0 Å². The largest absolute Gasteiger partial charge is 0.493 e. The molecule has 10 rings (SSSR count). The number of hydrogen-bond donors (Lipinski definition) is 0. The molecule has 0 aliphatic heterocycles. The van der Waals surface area contributed by atoms with Gasteiger partial charge in [-0.3, -0.25) is 0 Å². The van der Waals surface area contributed by atoms with Gasteiger partial charge in [0.15, 0.2) is 0 Å². The summed E-state index contributed by atoms with van der Waals surface area (Å²) in [6.45, 7) is 5.86. The van der Waals surface area contributed by atoms with E-state index in [-0.39, 0.29) is 0 Å². The van der Waals surface area contributed by atoms with Gasteiger partial charge >= 0.3 is 0 Å². The summed E-state index contributed by atoms with van der Waals surface area (Å²) in [7, 11) is 0. The van der Waals surface area contributed by atoms with Crippen LogP contribution in [0.25, 0.3) is 87.7 Å². The number of rotatable bonds is 15. The van der Waals surface area contributed by atoms with Crippen molar-refractivity contribution in [2.75, 3.05) is 13.2 Å². The maximum absolute atomic E-state index is 6.84. The number of unbranched alkanes of at least 4 members (excludes halogenated alkanes) is 6. The highest BCUT2D eigenvalue weighted by Crippen LogP contribution is 2.47. The second kappa shape index (κ2) is 16.6.